The fourth-order valence-corrected chi connectivity index (χ4v) is 2.69. The summed E-state index contributed by atoms with van der Waals surface area (Å²) < 4.78 is 5.84. The van der Waals surface area contributed by atoms with Crippen LogP contribution in [0.2, 0.25) is 10.0 Å². The average Bonchev–Trinajstić information content (AvgIpc) is 2.85. The Balaban J connectivity index is 1.87. The average molecular weight is 369 g/mol. The van der Waals surface area contributed by atoms with Crippen molar-refractivity contribution in [1.82, 2.24) is 10.3 Å². The molecule has 6 heteroatoms. The molecule has 0 saturated carbocycles. The molecule has 0 atom stereocenters. The Labute approximate surface area is 152 Å². The van der Waals surface area contributed by atoms with E-state index in [0.717, 1.165) is 30.2 Å². The minimum absolute atomic E-state index is 0.109. The summed E-state index contributed by atoms with van der Waals surface area (Å²) in [6.45, 7) is 8.68. The van der Waals surface area contributed by atoms with E-state index < -0.39 is 0 Å². The topological polar surface area (TPSA) is 55.1 Å². The van der Waals surface area contributed by atoms with Gasteiger partial charge < -0.3 is 9.73 Å². The van der Waals surface area contributed by atoms with Gasteiger partial charge in [0.1, 0.15) is 5.76 Å². The number of aryl methyl sites for hydroxylation is 2. The van der Waals surface area contributed by atoms with Gasteiger partial charge in [0.05, 0.1) is 16.3 Å². The monoisotopic (exact) mass is 368 g/mol. The number of aromatic nitrogens is 1. The summed E-state index contributed by atoms with van der Waals surface area (Å²) in [7, 11) is 0. The van der Waals surface area contributed by atoms with Crippen molar-refractivity contribution in [3.8, 4) is 0 Å². The molecule has 0 aliphatic carbocycles. The van der Waals surface area contributed by atoms with Crippen molar-refractivity contribution in [2.45, 2.75) is 46.0 Å². The van der Waals surface area contributed by atoms with Crippen molar-refractivity contribution in [3.05, 3.63) is 51.2 Å². The van der Waals surface area contributed by atoms with Gasteiger partial charge in [-0.2, -0.15) is 0 Å². The minimum Gasteiger partial charge on any atom is -0.445 e. The highest BCUT2D eigenvalue weighted by molar-refractivity contribution is 6.36. The highest BCUT2D eigenvalue weighted by Crippen LogP contribution is 2.24. The SMILES string of the molecule is Cc1nc(C(C)(C)C)oc1CCCNC(=O)c1ccc(Cl)cc1Cl. The molecule has 1 aromatic heterocycles. The second kappa shape index (κ2) is 7.58. The third-order valence-electron chi connectivity index (χ3n) is 3.58. The van der Waals surface area contributed by atoms with Crippen molar-refractivity contribution >= 4 is 29.1 Å². The summed E-state index contributed by atoms with van der Waals surface area (Å²) in [4.78, 5) is 16.6. The first-order valence-corrected chi connectivity index (χ1v) is 8.64. The summed E-state index contributed by atoms with van der Waals surface area (Å²) in [6, 6.07) is 4.83. The normalized spacial score (nSPS) is 11.6. The van der Waals surface area contributed by atoms with Crippen LogP contribution in [0.1, 0.15) is 54.9 Å². The second-order valence-electron chi connectivity index (χ2n) is 6.76. The molecule has 0 aliphatic rings. The summed E-state index contributed by atoms with van der Waals surface area (Å²) in [5.74, 6) is 1.41. The predicted octanol–water partition coefficient (Wildman–Crippen LogP) is 4.95. The van der Waals surface area contributed by atoms with E-state index in [0.29, 0.717) is 22.2 Å². The largest absolute Gasteiger partial charge is 0.445 e. The first kappa shape index (κ1) is 18.8. The predicted molar refractivity (Wildman–Crippen MR) is 97.1 cm³/mol. The summed E-state index contributed by atoms with van der Waals surface area (Å²) >= 11 is 11.9. The maximum Gasteiger partial charge on any atom is 0.252 e. The van der Waals surface area contributed by atoms with Gasteiger partial charge >= 0.3 is 0 Å². The van der Waals surface area contributed by atoms with Gasteiger partial charge in [0.25, 0.3) is 5.91 Å². The highest BCUT2D eigenvalue weighted by atomic mass is 35.5. The Bertz CT molecular complexity index is 733. The van der Waals surface area contributed by atoms with E-state index in [1.807, 2.05) is 6.92 Å². The lowest BCUT2D eigenvalue weighted by Crippen LogP contribution is -2.25. The van der Waals surface area contributed by atoms with Crippen molar-refractivity contribution in [3.63, 3.8) is 0 Å². The van der Waals surface area contributed by atoms with E-state index in [2.05, 4.69) is 31.1 Å². The van der Waals surface area contributed by atoms with Crippen LogP contribution in [0.15, 0.2) is 22.6 Å². The lowest BCUT2D eigenvalue weighted by Gasteiger charge is -2.12. The molecule has 0 saturated heterocycles. The van der Waals surface area contributed by atoms with E-state index in [-0.39, 0.29) is 11.3 Å². The number of nitrogens with zero attached hydrogens (tertiary/aromatic N) is 1. The van der Waals surface area contributed by atoms with Gasteiger partial charge in [-0.25, -0.2) is 4.98 Å². The zero-order valence-electron chi connectivity index (χ0n) is 14.4. The van der Waals surface area contributed by atoms with Crippen molar-refractivity contribution in [1.29, 1.82) is 0 Å². The van der Waals surface area contributed by atoms with E-state index in [1.54, 1.807) is 18.2 Å². The molecule has 2 rings (SSSR count). The Hall–Kier alpha value is -1.52. The molecule has 1 heterocycles. The number of rotatable bonds is 5. The van der Waals surface area contributed by atoms with Crippen LogP contribution in [0.25, 0.3) is 0 Å². The fourth-order valence-electron chi connectivity index (χ4n) is 2.20. The van der Waals surface area contributed by atoms with Crippen molar-refractivity contribution in [2.75, 3.05) is 6.54 Å². The van der Waals surface area contributed by atoms with Gasteiger partial charge in [-0.1, -0.05) is 44.0 Å². The van der Waals surface area contributed by atoms with Gasteiger partial charge in [0.2, 0.25) is 0 Å². The van der Waals surface area contributed by atoms with Crippen LogP contribution in [-0.4, -0.2) is 17.4 Å². The molecular formula is C18H22Cl2N2O2. The molecule has 2 aromatic rings. The fraction of sp³-hybridized carbons (Fsp3) is 0.444. The van der Waals surface area contributed by atoms with Gasteiger partial charge in [-0.15, -0.1) is 0 Å². The van der Waals surface area contributed by atoms with E-state index in [1.165, 1.54) is 0 Å². The zero-order chi connectivity index (χ0) is 17.9. The molecule has 0 spiro atoms. The number of hydrogen-bond acceptors (Lipinski definition) is 3. The maximum absolute atomic E-state index is 12.1. The first-order chi connectivity index (χ1) is 11.2. The van der Waals surface area contributed by atoms with Gasteiger partial charge in [0, 0.05) is 23.4 Å². The smallest absolute Gasteiger partial charge is 0.252 e. The molecular weight excluding hydrogens is 347 g/mol. The second-order valence-corrected chi connectivity index (χ2v) is 7.60. The van der Waals surface area contributed by atoms with Crippen LogP contribution < -0.4 is 5.32 Å². The van der Waals surface area contributed by atoms with E-state index >= 15 is 0 Å². The standard InChI is InChI=1S/C18H22Cl2N2O2/c1-11-15(24-17(22-11)18(2,3)4)6-5-9-21-16(23)13-8-7-12(19)10-14(13)20/h7-8,10H,5-6,9H2,1-4H3,(H,21,23). The lowest BCUT2D eigenvalue weighted by atomic mass is 9.97. The quantitative estimate of drug-likeness (QED) is 0.759. The Morgan fingerprint density at radius 2 is 2.00 bits per heavy atom. The Morgan fingerprint density at radius 1 is 1.29 bits per heavy atom. The summed E-state index contributed by atoms with van der Waals surface area (Å²) in [5.41, 5.74) is 1.22. The molecule has 24 heavy (non-hydrogen) atoms. The number of hydrogen-bond donors (Lipinski definition) is 1. The van der Waals surface area contributed by atoms with E-state index in [9.17, 15) is 4.79 Å². The molecule has 0 aliphatic heterocycles. The zero-order valence-corrected chi connectivity index (χ0v) is 15.9. The molecule has 0 fully saturated rings. The highest BCUT2D eigenvalue weighted by Gasteiger charge is 2.22. The number of nitrogens with one attached hydrogen (secondary N) is 1. The van der Waals surface area contributed by atoms with Crippen LogP contribution in [0, 0.1) is 6.92 Å². The van der Waals surface area contributed by atoms with Crippen LogP contribution in [0.4, 0.5) is 0 Å². The molecule has 1 amide bonds. The number of oxazole rings is 1. The summed E-state index contributed by atoms with van der Waals surface area (Å²) in [5, 5.41) is 3.71. The number of benzene rings is 1. The van der Waals surface area contributed by atoms with Crippen molar-refractivity contribution < 1.29 is 9.21 Å². The maximum atomic E-state index is 12.1. The Kier molecular flexibility index (Phi) is 5.94. The minimum atomic E-state index is -0.207. The first-order valence-electron chi connectivity index (χ1n) is 7.88. The Morgan fingerprint density at radius 3 is 2.58 bits per heavy atom. The third-order valence-corrected chi connectivity index (χ3v) is 4.12. The lowest BCUT2D eigenvalue weighted by molar-refractivity contribution is 0.0953. The van der Waals surface area contributed by atoms with Crippen LogP contribution >= 0.6 is 23.2 Å². The van der Waals surface area contributed by atoms with Crippen molar-refractivity contribution in [2.24, 2.45) is 0 Å². The van der Waals surface area contributed by atoms with Crippen LogP contribution in [0.5, 0.6) is 0 Å². The van der Waals surface area contributed by atoms with Crippen LogP contribution in [0.3, 0.4) is 0 Å². The van der Waals surface area contributed by atoms with Gasteiger partial charge in [0.15, 0.2) is 5.89 Å². The molecule has 130 valence electrons. The summed E-state index contributed by atoms with van der Waals surface area (Å²) in [6.07, 6.45) is 1.49. The molecule has 1 aromatic carbocycles. The molecule has 0 unspecified atom stereocenters. The third kappa shape index (κ3) is 4.74. The van der Waals surface area contributed by atoms with Gasteiger partial charge in [-0.3, -0.25) is 4.79 Å². The molecule has 1 N–H and O–H groups in total. The molecule has 4 nitrogen and oxygen atoms in total. The van der Waals surface area contributed by atoms with E-state index in [4.69, 9.17) is 27.6 Å². The number of carbonyl (C=O) groups excluding carboxylic acids is 1. The number of carbonyl (C=O) groups is 1. The van der Waals surface area contributed by atoms with Gasteiger partial charge in [-0.05, 0) is 31.5 Å². The number of halogens is 2. The molecule has 0 bridgehead atoms. The molecule has 0 radical (unpaired) electrons. The number of amides is 1. The van der Waals surface area contributed by atoms with Crippen LogP contribution in [-0.2, 0) is 11.8 Å².